The quantitative estimate of drug-likeness (QED) is 0.419. The minimum Gasteiger partial charge on any atom is -0.496 e. The monoisotopic (exact) mass is 460 g/mol. The Morgan fingerprint density at radius 1 is 1.15 bits per heavy atom. The Labute approximate surface area is 195 Å². The van der Waals surface area contributed by atoms with Gasteiger partial charge in [-0.2, -0.15) is 4.98 Å². The number of carbonyl (C=O) groups excluding carboxylic acids is 1. The summed E-state index contributed by atoms with van der Waals surface area (Å²) in [7, 11) is 1.62. The number of aryl methyl sites for hydroxylation is 1. The van der Waals surface area contributed by atoms with Crippen LogP contribution in [0.15, 0.2) is 48.8 Å². The highest BCUT2D eigenvalue weighted by molar-refractivity contribution is 7.22. The van der Waals surface area contributed by atoms with E-state index in [1.165, 1.54) is 11.3 Å². The van der Waals surface area contributed by atoms with Crippen molar-refractivity contribution in [2.75, 3.05) is 19.0 Å². The molecule has 1 aliphatic rings. The summed E-state index contributed by atoms with van der Waals surface area (Å²) in [6, 6.07) is 11.6. The number of anilines is 1. The Kier molecular flexibility index (Phi) is 6.02. The fourth-order valence-electron chi connectivity index (χ4n) is 4.06. The van der Waals surface area contributed by atoms with E-state index in [1.807, 2.05) is 43.5 Å². The van der Waals surface area contributed by atoms with Gasteiger partial charge in [-0.1, -0.05) is 29.5 Å². The van der Waals surface area contributed by atoms with Crippen molar-refractivity contribution in [1.29, 1.82) is 0 Å². The van der Waals surface area contributed by atoms with Crippen LogP contribution in [0.5, 0.6) is 5.75 Å². The second kappa shape index (κ2) is 9.25. The molecule has 168 valence electrons. The number of ether oxygens (including phenoxy) is 2. The predicted molar refractivity (Wildman–Crippen MR) is 129 cm³/mol. The molecule has 0 saturated carbocycles. The number of hydrogen-bond donors (Lipinski definition) is 1. The lowest BCUT2D eigenvalue weighted by atomic mass is 9.99. The summed E-state index contributed by atoms with van der Waals surface area (Å²) in [6.45, 7) is 2.68. The van der Waals surface area contributed by atoms with Crippen LogP contribution in [0, 0.1) is 6.92 Å². The van der Waals surface area contributed by atoms with Crippen LogP contribution < -0.4 is 10.1 Å². The number of nitrogens with one attached hydrogen (secondary N) is 1. The van der Waals surface area contributed by atoms with E-state index < -0.39 is 0 Å². The molecule has 0 aliphatic carbocycles. The summed E-state index contributed by atoms with van der Waals surface area (Å²) >= 11 is 1.40. The van der Waals surface area contributed by atoms with Crippen molar-refractivity contribution >= 4 is 32.7 Å². The number of para-hydroxylation sites is 1. The number of carbonyl (C=O) groups is 1. The van der Waals surface area contributed by atoms with Gasteiger partial charge >= 0.3 is 0 Å². The number of methoxy groups -OCH3 is 1. The van der Waals surface area contributed by atoms with Gasteiger partial charge in [-0.05, 0) is 44.4 Å². The molecule has 1 amide bonds. The van der Waals surface area contributed by atoms with Gasteiger partial charge in [0.15, 0.2) is 10.8 Å². The third kappa shape index (κ3) is 4.44. The van der Waals surface area contributed by atoms with Gasteiger partial charge in [-0.25, -0.2) is 4.98 Å². The van der Waals surface area contributed by atoms with Crippen LogP contribution in [0.1, 0.15) is 47.0 Å². The Hall–Kier alpha value is -3.36. The number of nitrogens with zero attached hydrogens (tertiary/aromatic N) is 3. The van der Waals surface area contributed by atoms with Crippen LogP contribution in [-0.2, 0) is 4.74 Å². The van der Waals surface area contributed by atoms with E-state index in [1.54, 1.807) is 13.3 Å². The summed E-state index contributed by atoms with van der Waals surface area (Å²) in [4.78, 5) is 26.6. The number of thiazole rings is 1. The van der Waals surface area contributed by atoms with Crippen LogP contribution in [0.2, 0.25) is 0 Å². The standard InChI is InChI=1S/C25H24N4O3S/c1-15-11-18(17-7-3-4-9-21(17)31-2)19(14-26-15)24(30)29-25-28-23-22(33-25)12-16(13-27-23)20-8-5-6-10-32-20/h3-4,7,9,11-14,20H,5-6,8,10H2,1-2H3,(H,27,28,29,30). The van der Waals surface area contributed by atoms with E-state index >= 15 is 0 Å². The average molecular weight is 461 g/mol. The summed E-state index contributed by atoms with van der Waals surface area (Å²) in [5, 5.41) is 3.43. The molecule has 7 nitrogen and oxygen atoms in total. The fourth-order valence-corrected chi connectivity index (χ4v) is 4.93. The largest absolute Gasteiger partial charge is 0.496 e. The molecule has 4 heterocycles. The average Bonchev–Trinajstić information content (AvgIpc) is 3.25. The smallest absolute Gasteiger partial charge is 0.259 e. The van der Waals surface area contributed by atoms with Gasteiger partial charge < -0.3 is 9.47 Å². The van der Waals surface area contributed by atoms with Gasteiger partial charge in [0.05, 0.1) is 23.5 Å². The van der Waals surface area contributed by atoms with Gasteiger partial charge in [0.25, 0.3) is 5.91 Å². The molecule has 5 rings (SSSR count). The Morgan fingerprint density at radius 3 is 2.85 bits per heavy atom. The Morgan fingerprint density at radius 2 is 2.03 bits per heavy atom. The molecule has 8 heteroatoms. The molecule has 0 bridgehead atoms. The highest BCUT2D eigenvalue weighted by Gasteiger charge is 2.20. The van der Waals surface area contributed by atoms with Gasteiger partial charge in [0.1, 0.15) is 5.75 Å². The second-order valence-corrected chi connectivity index (χ2v) is 9.02. The topological polar surface area (TPSA) is 86.2 Å². The lowest BCUT2D eigenvalue weighted by Gasteiger charge is -2.22. The first-order valence-electron chi connectivity index (χ1n) is 10.9. The maximum Gasteiger partial charge on any atom is 0.259 e. The van der Waals surface area contributed by atoms with Crippen molar-refractivity contribution in [3.8, 4) is 16.9 Å². The van der Waals surface area contributed by atoms with Crippen LogP contribution in [0.4, 0.5) is 5.13 Å². The highest BCUT2D eigenvalue weighted by atomic mass is 32.1. The lowest BCUT2D eigenvalue weighted by molar-refractivity contribution is 0.0148. The first kappa shape index (κ1) is 21.5. The van der Waals surface area contributed by atoms with E-state index in [-0.39, 0.29) is 12.0 Å². The lowest BCUT2D eigenvalue weighted by Crippen LogP contribution is -2.14. The van der Waals surface area contributed by atoms with Gasteiger partial charge in [-0.3, -0.25) is 15.1 Å². The number of amides is 1. The van der Waals surface area contributed by atoms with E-state index in [2.05, 4.69) is 26.3 Å². The summed E-state index contributed by atoms with van der Waals surface area (Å²) < 4.78 is 12.3. The number of benzene rings is 1. The molecule has 1 aromatic carbocycles. The zero-order chi connectivity index (χ0) is 22.8. The molecule has 1 unspecified atom stereocenters. The molecule has 1 fully saturated rings. The minimum atomic E-state index is -0.279. The molecule has 0 radical (unpaired) electrons. The third-order valence-corrected chi connectivity index (χ3v) is 6.63. The summed E-state index contributed by atoms with van der Waals surface area (Å²) in [5.74, 6) is 0.414. The van der Waals surface area contributed by atoms with Crippen molar-refractivity contribution in [2.24, 2.45) is 0 Å². The molecule has 3 aromatic heterocycles. The van der Waals surface area contributed by atoms with Crippen LogP contribution in [0.3, 0.4) is 0 Å². The predicted octanol–water partition coefficient (Wildman–Crippen LogP) is 5.56. The zero-order valence-corrected chi connectivity index (χ0v) is 19.3. The molecule has 1 atom stereocenters. The molecular weight excluding hydrogens is 436 g/mol. The van der Waals surface area contributed by atoms with Crippen molar-refractivity contribution in [3.63, 3.8) is 0 Å². The highest BCUT2D eigenvalue weighted by Crippen LogP contribution is 2.34. The van der Waals surface area contributed by atoms with E-state index in [9.17, 15) is 4.79 Å². The Balaban J connectivity index is 1.44. The molecule has 33 heavy (non-hydrogen) atoms. The normalized spacial score (nSPS) is 16.0. The van der Waals surface area contributed by atoms with E-state index in [0.29, 0.717) is 22.1 Å². The van der Waals surface area contributed by atoms with Gasteiger partial charge in [-0.15, -0.1) is 0 Å². The molecule has 0 spiro atoms. The van der Waals surface area contributed by atoms with Crippen LogP contribution in [0.25, 0.3) is 21.5 Å². The minimum absolute atomic E-state index is 0.0813. The molecule has 1 saturated heterocycles. The second-order valence-electron chi connectivity index (χ2n) is 7.99. The maximum atomic E-state index is 13.2. The molecule has 1 aliphatic heterocycles. The number of hydrogen-bond acceptors (Lipinski definition) is 7. The first-order chi connectivity index (χ1) is 16.1. The third-order valence-electron chi connectivity index (χ3n) is 5.72. The SMILES string of the molecule is COc1ccccc1-c1cc(C)ncc1C(=O)Nc1nc2ncc(C3CCCCO3)cc2s1. The van der Waals surface area contributed by atoms with Crippen molar-refractivity contribution in [2.45, 2.75) is 32.3 Å². The van der Waals surface area contributed by atoms with Crippen LogP contribution in [-0.4, -0.2) is 34.6 Å². The Bertz CT molecular complexity index is 1310. The van der Waals surface area contributed by atoms with Crippen molar-refractivity contribution in [3.05, 3.63) is 65.6 Å². The van der Waals surface area contributed by atoms with Crippen molar-refractivity contribution < 1.29 is 14.3 Å². The number of fused-ring (bicyclic) bond motifs is 1. The first-order valence-corrected chi connectivity index (χ1v) is 11.7. The number of pyridine rings is 2. The number of rotatable bonds is 5. The molecular formula is C25H24N4O3S. The van der Waals surface area contributed by atoms with Gasteiger partial charge in [0.2, 0.25) is 0 Å². The summed E-state index contributed by atoms with van der Waals surface area (Å²) in [5.41, 5.74) is 4.53. The van der Waals surface area contributed by atoms with E-state index in [0.717, 1.165) is 53.0 Å². The van der Waals surface area contributed by atoms with Crippen LogP contribution >= 0.6 is 11.3 Å². The fraction of sp³-hybridized carbons (Fsp3) is 0.280. The van der Waals surface area contributed by atoms with E-state index in [4.69, 9.17) is 9.47 Å². The zero-order valence-electron chi connectivity index (χ0n) is 18.5. The summed E-state index contributed by atoms with van der Waals surface area (Å²) in [6.07, 6.45) is 6.77. The van der Waals surface area contributed by atoms with Gasteiger partial charge in [0, 0.05) is 41.4 Å². The molecule has 1 N–H and O–H groups in total. The maximum absolute atomic E-state index is 13.2. The van der Waals surface area contributed by atoms with Crippen molar-refractivity contribution in [1.82, 2.24) is 15.0 Å². The number of aromatic nitrogens is 3. The molecule has 4 aromatic rings.